The summed E-state index contributed by atoms with van der Waals surface area (Å²) in [6.07, 6.45) is 6.57. The van der Waals surface area contributed by atoms with Gasteiger partial charge in [-0.15, -0.1) is 0 Å². The third kappa shape index (κ3) is 9.12. The molecule has 0 bridgehead atoms. The third-order valence-electron chi connectivity index (χ3n) is 5.31. The van der Waals surface area contributed by atoms with Crippen LogP contribution >= 0.6 is 0 Å². The summed E-state index contributed by atoms with van der Waals surface area (Å²) in [7, 11) is 0. The Morgan fingerprint density at radius 2 is 1.65 bits per heavy atom. The molecule has 3 rings (SSSR count). The normalized spacial score (nSPS) is 11.4. The molecule has 176 valence electrons. The van der Waals surface area contributed by atoms with E-state index >= 15 is 0 Å². The second kappa shape index (κ2) is 13.2. The topological polar surface area (TPSA) is 59.5 Å². The molecular formula is C29H32N2O3. The largest absolute Gasteiger partial charge is 0.464 e. The zero-order valence-corrected chi connectivity index (χ0v) is 19.9. The maximum Gasteiger partial charge on any atom is 0.313 e. The van der Waals surface area contributed by atoms with Crippen molar-refractivity contribution in [3.8, 4) is 0 Å². The van der Waals surface area contributed by atoms with Crippen LogP contribution in [0.2, 0.25) is 0 Å². The van der Waals surface area contributed by atoms with Crippen LogP contribution in [0.1, 0.15) is 42.5 Å². The van der Waals surface area contributed by atoms with Gasteiger partial charge in [0, 0.05) is 32.0 Å². The zero-order chi connectivity index (χ0) is 24.2. The van der Waals surface area contributed by atoms with Crippen LogP contribution in [0.3, 0.4) is 0 Å². The third-order valence-corrected chi connectivity index (χ3v) is 5.31. The minimum absolute atomic E-state index is 0.172. The van der Waals surface area contributed by atoms with Gasteiger partial charge < -0.3 is 4.74 Å². The second-order valence-electron chi connectivity index (χ2n) is 8.57. The standard InChI is InChI=1S/C29H32N2O3/c1-23(17-25-10-12-26(13-11-25)19-28-9-6-14-30-20-28)21-31(22-27-7-4-3-5-8-27)15-16-34-29(33)18-24(2)32/h3-14,17,20H,15-16,18-19,21-22H2,1-2H3. The lowest BCUT2D eigenvalue weighted by atomic mass is 10.0. The molecular weight excluding hydrogens is 424 g/mol. The number of ether oxygens (including phenoxy) is 1. The number of pyridine rings is 1. The van der Waals surface area contributed by atoms with Gasteiger partial charge in [0.05, 0.1) is 0 Å². The summed E-state index contributed by atoms with van der Waals surface area (Å²) in [6, 6.07) is 22.9. The summed E-state index contributed by atoms with van der Waals surface area (Å²) in [6.45, 7) is 5.85. The molecule has 0 unspecified atom stereocenters. The average molecular weight is 457 g/mol. The molecule has 0 N–H and O–H groups in total. The highest BCUT2D eigenvalue weighted by atomic mass is 16.5. The molecule has 0 spiro atoms. The van der Waals surface area contributed by atoms with Gasteiger partial charge in [-0.3, -0.25) is 19.5 Å². The van der Waals surface area contributed by atoms with Gasteiger partial charge in [0.2, 0.25) is 0 Å². The molecule has 0 saturated heterocycles. The Morgan fingerprint density at radius 3 is 2.32 bits per heavy atom. The maximum atomic E-state index is 11.7. The molecule has 0 amide bonds. The predicted octanol–water partition coefficient (Wildman–Crippen LogP) is 5.10. The van der Waals surface area contributed by atoms with E-state index in [0.717, 1.165) is 25.1 Å². The van der Waals surface area contributed by atoms with Crippen LogP contribution in [0.15, 0.2) is 84.7 Å². The number of benzene rings is 2. The molecule has 0 saturated carbocycles. The first-order valence-electron chi connectivity index (χ1n) is 11.5. The molecule has 5 nitrogen and oxygen atoms in total. The number of hydrogen-bond donors (Lipinski definition) is 0. The number of Topliss-reactive ketones (excluding diaryl/α,β-unsaturated/α-hetero) is 1. The van der Waals surface area contributed by atoms with E-state index in [1.165, 1.54) is 29.2 Å². The lowest BCUT2D eigenvalue weighted by Gasteiger charge is -2.23. The summed E-state index contributed by atoms with van der Waals surface area (Å²) >= 11 is 0. The van der Waals surface area contributed by atoms with Crippen LogP contribution in [0.5, 0.6) is 0 Å². The van der Waals surface area contributed by atoms with Gasteiger partial charge in [0.25, 0.3) is 0 Å². The second-order valence-corrected chi connectivity index (χ2v) is 8.57. The zero-order valence-electron chi connectivity index (χ0n) is 19.9. The predicted molar refractivity (Wildman–Crippen MR) is 135 cm³/mol. The SMILES string of the molecule is CC(=O)CC(=O)OCCN(CC(C)=Cc1ccc(Cc2cccnc2)cc1)Cc1ccccc1. The average Bonchev–Trinajstić information content (AvgIpc) is 2.81. The quantitative estimate of drug-likeness (QED) is 0.280. The molecule has 2 aromatic carbocycles. The van der Waals surface area contributed by atoms with Crippen molar-refractivity contribution >= 4 is 17.8 Å². The van der Waals surface area contributed by atoms with E-state index < -0.39 is 5.97 Å². The van der Waals surface area contributed by atoms with E-state index in [1.807, 2.05) is 30.5 Å². The van der Waals surface area contributed by atoms with Gasteiger partial charge in [0.15, 0.2) is 0 Å². The fourth-order valence-corrected chi connectivity index (χ4v) is 3.75. The van der Waals surface area contributed by atoms with Gasteiger partial charge in [-0.05, 0) is 48.6 Å². The van der Waals surface area contributed by atoms with Crippen LogP contribution in [-0.2, 0) is 27.3 Å². The van der Waals surface area contributed by atoms with E-state index in [-0.39, 0.29) is 18.8 Å². The molecule has 1 heterocycles. The number of nitrogens with zero attached hydrogens (tertiary/aromatic N) is 2. The first-order chi connectivity index (χ1) is 16.5. The summed E-state index contributed by atoms with van der Waals surface area (Å²) in [5.41, 5.74) is 6.01. The Kier molecular flexibility index (Phi) is 9.74. The number of aromatic nitrogens is 1. The molecule has 0 atom stereocenters. The van der Waals surface area contributed by atoms with Gasteiger partial charge in [-0.2, -0.15) is 0 Å². The molecule has 34 heavy (non-hydrogen) atoms. The molecule has 0 aliphatic rings. The molecule has 5 heteroatoms. The van der Waals surface area contributed by atoms with E-state index in [1.54, 1.807) is 6.20 Å². The van der Waals surface area contributed by atoms with Gasteiger partial charge in [-0.1, -0.05) is 72.3 Å². The number of rotatable bonds is 12. The van der Waals surface area contributed by atoms with Gasteiger partial charge in [0.1, 0.15) is 18.8 Å². The van der Waals surface area contributed by atoms with Crippen molar-refractivity contribution in [2.75, 3.05) is 19.7 Å². The number of carbonyl (C=O) groups excluding carboxylic acids is 2. The van der Waals surface area contributed by atoms with E-state index in [9.17, 15) is 9.59 Å². The molecule has 0 radical (unpaired) electrons. The monoisotopic (exact) mass is 456 g/mol. The van der Waals surface area contributed by atoms with Crippen molar-refractivity contribution in [3.05, 3.63) is 107 Å². The minimum Gasteiger partial charge on any atom is -0.464 e. The van der Waals surface area contributed by atoms with Crippen molar-refractivity contribution in [2.24, 2.45) is 0 Å². The first-order valence-corrected chi connectivity index (χ1v) is 11.5. The number of hydrogen-bond acceptors (Lipinski definition) is 5. The van der Waals surface area contributed by atoms with Crippen LogP contribution in [-0.4, -0.2) is 41.3 Å². The minimum atomic E-state index is -0.467. The lowest BCUT2D eigenvalue weighted by molar-refractivity contribution is -0.146. The Balaban J connectivity index is 1.60. The number of ketones is 1. The van der Waals surface area contributed by atoms with Crippen molar-refractivity contribution < 1.29 is 14.3 Å². The van der Waals surface area contributed by atoms with E-state index in [2.05, 4.69) is 65.3 Å². The fraction of sp³-hybridized carbons (Fsp3) is 0.276. The van der Waals surface area contributed by atoms with Gasteiger partial charge >= 0.3 is 5.97 Å². The Labute approximate surface area is 202 Å². The van der Waals surface area contributed by atoms with Crippen LogP contribution < -0.4 is 0 Å². The van der Waals surface area contributed by atoms with E-state index in [4.69, 9.17) is 4.74 Å². The number of carbonyl (C=O) groups is 2. The summed E-state index contributed by atoms with van der Waals surface area (Å²) in [5.74, 6) is -0.651. The summed E-state index contributed by atoms with van der Waals surface area (Å²) in [4.78, 5) is 29.3. The smallest absolute Gasteiger partial charge is 0.313 e. The molecule has 0 aliphatic carbocycles. The molecule has 3 aromatic rings. The highest BCUT2D eigenvalue weighted by molar-refractivity contribution is 5.94. The van der Waals surface area contributed by atoms with Crippen molar-refractivity contribution in [3.63, 3.8) is 0 Å². The number of esters is 1. The summed E-state index contributed by atoms with van der Waals surface area (Å²) in [5, 5.41) is 0. The molecule has 0 fully saturated rings. The first kappa shape index (κ1) is 25.1. The summed E-state index contributed by atoms with van der Waals surface area (Å²) < 4.78 is 5.26. The Morgan fingerprint density at radius 1 is 0.912 bits per heavy atom. The van der Waals surface area contributed by atoms with Crippen molar-refractivity contribution in [2.45, 2.75) is 33.2 Å². The highest BCUT2D eigenvalue weighted by Crippen LogP contribution is 2.14. The van der Waals surface area contributed by atoms with Crippen LogP contribution in [0, 0.1) is 0 Å². The van der Waals surface area contributed by atoms with Crippen LogP contribution in [0.25, 0.3) is 6.08 Å². The fourth-order valence-electron chi connectivity index (χ4n) is 3.75. The van der Waals surface area contributed by atoms with Crippen LogP contribution in [0.4, 0.5) is 0 Å². The molecule has 1 aromatic heterocycles. The van der Waals surface area contributed by atoms with E-state index in [0.29, 0.717) is 6.54 Å². The van der Waals surface area contributed by atoms with Crippen molar-refractivity contribution in [1.29, 1.82) is 0 Å². The van der Waals surface area contributed by atoms with Gasteiger partial charge in [-0.25, -0.2) is 0 Å². The molecule has 0 aliphatic heterocycles. The maximum absolute atomic E-state index is 11.7. The van der Waals surface area contributed by atoms with Crippen molar-refractivity contribution in [1.82, 2.24) is 9.88 Å². The Bertz CT molecular complexity index is 1080. The lowest BCUT2D eigenvalue weighted by Crippen LogP contribution is -2.29. The Hall–Kier alpha value is -3.57. The highest BCUT2D eigenvalue weighted by Gasteiger charge is 2.11.